The van der Waals surface area contributed by atoms with Crippen molar-refractivity contribution in [3.05, 3.63) is 71.1 Å². The second-order valence-corrected chi connectivity index (χ2v) is 9.26. The van der Waals surface area contributed by atoms with Gasteiger partial charge in [0.15, 0.2) is 0 Å². The fourth-order valence-electron chi connectivity index (χ4n) is 4.21. The van der Waals surface area contributed by atoms with Gasteiger partial charge in [-0.2, -0.15) is 0 Å². The van der Waals surface area contributed by atoms with Crippen LogP contribution in [-0.2, 0) is 0 Å². The Morgan fingerprint density at radius 3 is 2.65 bits per heavy atom. The Hall–Kier alpha value is -3.00. The molecule has 0 saturated carbocycles. The molecule has 8 heteroatoms. The number of aromatic nitrogens is 2. The van der Waals surface area contributed by atoms with Crippen LogP contribution < -0.4 is 11.1 Å². The number of piperazine rings is 1. The van der Waals surface area contributed by atoms with E-state index in [1.165, 1.54) is 6.20 Å². The summed E-state index contributed by atoms with van der Waals surface area (Å²) in [7, 11) is 0. The molecule has 34 heavy (non-hydrogen) atoms. The predicted octanol–water partition coefficient (Wildman–Crippen LogP) is 4.09. The summed E-state index contributed by atoms with van der Waals surface area (Å²) in [6.07, 6.45) is 3.26. The first kappa shape index (κ1) is 24.1. The summed E-state index contributed by atoms with van der Waals surface area (Å²) in [4.78, 5) is 14.3. The van der Waals surface area contributed by atoms with Crippen molar-refractivity contribution in [2.24, 2.45) is 5.73 Å². The number of rotatable bonds is 8. The molecule has 0 radical (unpaired) electrons. The topological polar surface area (TPSA) is 94.2 Å². The van der Waals surface area contributed by atoms with E-state index >= 15 is 0 Å². The van der Waals surface area contributed by atoms with Gasteiger partial charge in [0.05, 0.1) is 34.3 Å². The van der Waals surface area contributed by atoms with Gasteiger partial charge in [0, 0.05) is 67.7 Å². The number of allylic oxidation sites excluding steroid dienone is 1. The summed E-state index contributed by atoms with van der Waals surface area (Å²) in [5.41, 5.74) is 10.5. The van der Waals surface area contributed by atoms with Gasteiger partial charge in [0.25, 0.3) is 0 Å². The maximum absolute atomic E-state index is 8.61. The highest BCUT2D eigenvalue weighted by atomic mass is 35.5. The standard InChI is InChI=1S/C26H32ClN7/c1-18(2)34-12-10-33(11-13-34)9-8-30-21-15-25-24(31-17-21)7-6-23(32-25)22(16-28)26(29)19-4-3-5-20(27)14-19/h3-7,14-18,29-30H,8-13,28H2,1-2H3/b22-16-,29-26?. The van der Waals surface area contributed by atoms with E-state index in [-0.39, 0.29) is 5.71 Å². The summed E-state index contributed by atoms with van der Waals surface area (Å²) in [6, 6.07) is 13.6. The van der Waals surface area contributed by atoms with Crippen molar-refractivity contribution in [2.45, 2.75) is 19.9 Å². The summed E-state index contributed by atoms with van der Waals surface area (Å²) < 4.78 is 0. The van der Waals surface area contributed by atoms with Crippen LogP contribution >= 0.6 is 11.6 Å². The van der Waals surface area contributed by atoms with Gasteiger partial charge in [0.1, 0.15) is 0 Å². The van der Waals surface area contributed by atoms with Crippen LogP contribution in [0.25, 0.3) is 16.6 Å². The Bertz CT molecular complexity index is 1180. The number of hydrogen-bond donors (Lipinski definition) is 3. The number of benzene rings is 1. The molecule has 3 aromatic rings. The molecule has 1 fully saturated rings. The molecule has 0 unspecified atom stereocenters. The van der Waals surface area contributed by atoms with Gasteiger partial charge in [0.2, 0.25) is 0 Å². The number of anilines is 1. The van der Waals surface area contributed by atoms with Crippen LogP contribution in [0.5, 0.6) is 0 Å². The SMILES string of the molecule is CC(C)N1CCN(CCNc2cnc3ccc(/C(=C/N)C(=N)c4cccc(Cl)c4)nc3c2)CC1. The van der Waals surface area contributed by atoms with Gasteiger partial charge in [-0.15, -0.1) is 0 Å². The molecule has 1 aliphatic rings. The maximum Gasteiger partial charge on any atom is 0.0914 e. The molecule has 1 saturated heterocycles. The Labute approximate surface area is 206 Å². The van der Waals surface area contributed by atoms with Crippen LogP contribution in [0.1, 0.15) is 25.1 Å². The molecule has 1 aromatic carbocycles. The second-order valence-electron chi connectivity index (χ2n) is 8.82. The van der Waals surface area contributed by atoms with Crippen LogP contribution in [0, 0.1) is 5.41 Å². The van der Waals surface area contributed by atoms with E-state index in [9.17, 15) is 0 Å². The lowest BCUT2D eigenvalue weighted by Gasteiger charge is -2.36. The molecule has 0 atom stereocenters. The fraction of sp³-hybridized carbons (Fsp3) is 0.346. The van der Waals surface area contributed by atoms with E-state index in [2.05, 4.69) is 33.9 Å². The first-order valence-electron chi connectivity index (χ1n) is 11.7. The van der Waals surface area contributed by atoms with Gasteiger partial charge >= 0.3 is 0 Å². The lowest BCUT2D eigenvalue weighted by molar-refractivity contribution is 0.111. The minimum Gasteiger partial charge on any atom is -0.404 e. The first-order valence-corrected chi connectivity index (χ1v) is 12.1. The molecule has 4 N–H and O–H groups in total. The van der Waals surface area contributed by atoms with Crippen LogP contribution in [0.2, 0.25) is 5.02 Å². The zero-order valence-corrected chi connectivity index (χ0v) is 20.5. The van der Waals surface area contributed by atoms with E-state index < -0.39 is 0 Å². The number of halogens is 1. The van der Waals surface area contributed by atoms with Crippen molar-refractivity contribution >= 4 is 39.6 Å². The van der Waals surface area contributed by atoms with Gasteiger partial charge in [-0.3, -0.25) is 20.2 Å². The summed E-state index contributed by atoms with van der Waals surface area (Å²) in [6.45, 7) is 10.8. The summed E-state index contributed by atoms with van der Waals surface area (Å²) >= 11 is 6.10. The zero-order valence-electron chi connectivity index (χ0n) is 19.8. The Morgan fingerprint density at radius 2 is 1.94 bits per heavy atom. The molecule has 0 amide bonds. The van der Waals surface area contributed by atoms with Gasteiger partial charge in [-0.05, 0) is 44.2 Å². The van der Waals surface area contributed by atoms with Crippen molar-refractivity contribution < 1.29 is 0 Å². The van der Waals surface area contributed by atoms with Crippen LogP contribution in [0.3, 0.4) is 0 Å². The van der Waals surface area contributed by atoms with E-state index in [1.807, 2.05) is 36.5 Å². The number of nitrogens with zero attached hydrogens (tertiary/aromatic N) is 4. The number of nitrogens with two attached hydrogens (primary N) is 1. The van der Waals surface area contributed by atoms with Crippen molar-refractivity contribution in [1.29, 1.82) is 5.41 Å². The van der Waals surface area contributed by atoms with E-state index in [0.29, 0.717) is 27.9 Å². The third-order valence-corrected chi connectivity index (χ3v) is 6.49. The molecule has 7 nitrogen and oxygen atoms in total. The predicted molar refractivity (Wildman–Crippen MR) is 142 cm³/mol. The summed E-state index contributed by atoms with van der Waals surface area (Å²) in [5, 5.41) is 12.7. The zero-order chi connectivity index (χ0) is 24.1. The highest BCUT2D eigenvalue weighted by molar-refractivity contribution is 6.33. The average molecular weight is 478 g/mol. The van der Waals surface area contributed by atoms with Crippen molar-refractivity contribution in [1.82, 2.24) is 19.8 Å². The quantitative estimate of drug-likeness (QED) is 0.423. The minimum absolute atomic E-state index is 0.275. The average Bonchev–Trinajstić information content (AvgIpc) is 2.84. The van der Waals surface area contributed by atoms with E-state index in [0.717, 1.165) is 56.0 Å². The Morgan fingerprint density at radius 1 is 1.15 bits per heavy atom. The monoisotopic (exact) mass is 477 g/mol. The smallest absolute Gasteiger partial charge is 0.0914 e. The molecule has 0 bridgehead atoms. The number of nitrogens with one attached hydrogen (secondary N) is 2. The first-order chi connectivity index (χ1) is 16.4. The molecular formula is C26H32ClN7. The van der Waals surface area contributed by atoms with E-state index in [4.69, 9.17) is 27.7 Å². The summed E-state index contributed by atoms with van der Waals surface area (Å²) in [5.74, 6) is 0. The molecule has 178 valence electrons. The number of fused-ring (bicyclic) bond motifs is 1. The van der Waals surface area contributed by atoms with E-state index in [1.54, 1.807) is 12.1 Å². The lowest BCUT2D eigenvalue weighted by atomic mass is 10.00. The van der Waals surface area contributed by atoms with Crippen molar-refractivity contribution in [2.75, 3.05) is 44.6 Å². The van der Waals surface area contributed by atoms with Crippen LogP contribution in [0.4, 0.5) is 5.69 Å². The molecule has 0 aliphatic carbocycles. The normalized spacial score (nSPS) is 15.7. The van der Waals surface area contributed by atoms with Gasteiger partial charge in [-0.1, -0.05) is 23.7 Å². The van der Waals surface area contributed by atoms with Crippen LogP contribution in [0.15, 0.2) is 54.9 Å². The Kier molecular flexibility index (Phi) is 7.77. The molecule has 3 heterocycles. The van der Waals surface area contributed by atoms with Crippen LogP contribution in [-0.4, -0.2) is 70.8 Å². The third-order valence-electron chi connectivity index (χ3n) is 6.26. The molecule has 0 spiro atoms. The molecule has 1 aliphatic heterocycles. The van der Waals surface area contributed by atoms with Gasteiger partial charge < -0.3 is 11.1 Å². The molecule has 2 aromatic heterocycles. The highest BCUT2D eigenvalue weighted by Crippen LogP contribution is 2.23. The molecular weight excluding hydrogens is 446 g/mol. The van der Waals surface area contributed by atoms with Crippen molar-refractivity contribution in [3.8, 4) is 0 Å². The second kappa shape index (κ2) is 11.0. The highest BCUT2D eigenvalue weighted by Gasteiger charge is 2.18. The third kappa shape index (κ3) is 5.73. The fourth-order valence-corrected chi connectivity index (χ4v) is 4.40. The number of hydrogen-bond acceptors (Lipinski definition) is 7. The van der Waals surface area contributed by atoms with Gasteiger partial charge in [-0.25, -0.2) is 4.98 Å². The maximum atomic E-state index is 8.61. The molecule has 4 rings (SSSR count). The minimum atomic E-state index is 0.275. The largest absolute Gasteiger partial charge is 0.404 e. The van der Waals surface area contributed by atoms with Crippen molar-refractivity contribution in [3.63, 3.8) is 0 Å². The number of pyridine rings is 2. The Balaban J connectivity index is 1.43. The lowest BCUT2D eigenvalue weighted by Crippen LogP contribution is -2.49.